The number of hydrogen-bond donors (Lipinski definition) is 2. The first kappa shape index (κ1) is 22.9. The van der Waals surface area contributed by atoms with Gasteiger partial charge in [0.05, 0.1) is 0 Å². The Morgan fingerprint density at radius 2 is 0.920 bits per heavy atom. The van der Waals surface area contributed by atoms with Gasteiger partial charge in [-0.2, -0.15) is 0 Å². The minimum Gasteiger partial charge on any atom is -0.314 e. The molecule has 1 aliphatic rings. The van der Waals surface area contributed by atoms with Crippen molar-refractivity contribution in [1.29, 1.82) is 0 Å². The molecule has 1 saturated heterocycles. The molecule has 3 nitrogen and oxygen atoms in total. The lowest BCUT2D eigenvalue weighted by Gasteiger charge is -2.21. The molecule has 0 saturated carbocycles. The molecule has 1 aliphatic heterocycles. The van der Waals surface area contributed by atoms with Gasteiger partial charge < -0.3 is 15.5 Å². The van der Waals surface area contributed by atoms with Crippen molar-refractivity contribution in [2.45, 2.75) is 96.8 Å². The van der Waals surface area contributed by atoms with Gasteiger partial charge in [-0.15, -0.1) is 0 Å². The van der Waals surface area contributed by atoms with Crippen molar-refractivity contribution in [2.75, 3.05) is 45.8 Å². The van der Waals surface area contributed by atoms with Crippen molar-refractivity contribution >= 4 is 0 Å². The van der Waals surface area contributed by atoms with Gasteiger partial charge in [-0.25, -0.2) is 0 Å². The third-order valence-corrected chi connectivity index (χ3v) is 5.52. The Kier molecular flexibility index (Phi) is 17.1. The van der Waals surface area contributed by atoms with Gasteiger partial charge in [0.1, 0.15) is 0 Å². The average Bonchev–Trinajstić information content (AvgIpc) is 2.76. The van der Waals surface area contributed by atoms with Crippen LogP contribution in [-0.4, -0.2) is 50.7 Å². The van der Waals surface area contributed by atoms with E-state index in [2.05, 4.69) is 22.5 Å². The maximum absolute atomic E-state index is 3.50. The second-order valence-corrected chi connectivity index (χ2v) is 7.94. The predicted octanol–water partition coefficient (Wildman–Crippen LogP) is 4.96. The molecule has 25 heavy (non-hydrogen) atoms. The monoisotopic (exact) mass is 353 g/mol. The average molecular weight is 354 g/mol. The van der Waals surface area contributed by atoms with Crippen molar-refractivity contribution in [3.8, 4) is 0 Å². The van der Waals surface area contributed by atoms with Crippen LogP contribution >= 0.6 is 0 Å². The topological polar surface area (TPSA) is 27.3 Å². The Hall–Kier alpha value is -0.120. The summed E-state index contributed by atoms with van der Waals surface area (Å²) in [7, 11) is 0. The van der Waals surface area contributed by atoms with E-state index < -0.39 is 0 Å². The minimum absolute atomic E-state index is 1.12. The normalized spacial score (nSPS) is 17.2. The van der Waals surface area contributed by atoms with E-state index in [0.717, 1.165) is 26.2 Å². The Bertz CT molecular complexity index is 248. The molecular weight excluding hydrogens is 306 g/mol. The molecule has 1 heterocycles. The fourth-order valence-electron chi connectivity index (χ4n) is 3.77. The molecule has 150 valence electrons. The van der Waals surface area contributed by atoms with E-state index >= 15 is 0 Å². The van der Waals surface area contributed by atoms with E-state index in [-0.39, 0.29) is 0 Å². The highest BCUT2D eigenvalue weighted by atomic mass is 15.2. The lowest BCUT2D eigenvalue weighted by atomic mass is 10.0. The quantitative estimate of drug-likeness (QED) is 0.407. The fraction of sp³-hybridized carbons (Fsp3) is 1.00. The van der Waals surface area contributed by atoms with Gasteiger partial charge in [0.15, 0.2) is 0 Å². The summed E-state index contributed by atoms with van der Waals surface area (Å²) in [6.45, 7) is 10.6. The lowest BCUT2D eigenvalue weighted by Crippen LogP contribution is -2.34. The van der Waals surface area contributed by atoms with E-state index in [1.54, 1.807) is 0 Å². The standard InChI is InChI=1S/C22H47N3/c1-2-3-4-5-6-7-8-9-10-11-12-13-14-15-20-25-21-18-23-16-17-24-19-22-25/h23-24H,2-22H2,1H3. The van der Waals surface area contributed by atoms with Crippen LogP contribution in [0.3, 0.4) is 0 Å². The van der Waals surface area contributed by atoms with E-state index in [4.69, 9.17) is 0 Å². The smallest absolute Gasteiger partial charge is 0.0107 e. The molecule has 0 aromatic rings. The van der Waals surface area contributed by atoms with Crippen LogP contribution in [0.15, 0.2) is 0 Å². The predicted molar refractivity (Wildman–Crippen MR) is 112 cm³/mol. The highest BCUT2D eigenvalue weighted by molar-refractivity contribution is 4.65. The Morgan fingerprint density at radius 1 is 0.520 bits per heavy atom. The molecule has 0 amide bonds. The highest BCUT2D eigenvalue weighted by Gasteiger charge is 2.05. The number of rotatable bonds is 15. The first-order valence-electron chi connectivity index (χ1n) is 11.6. The zero-order chi connectivity index (χ0) is 17.8. The summed E-state index contributed by atoms with van der Waals surface area (Å²) in [6.07, 6.45) is 20.3. The zero-order valence-electron chi connectivity index (χ0n) is 17.3. The van der Waals surface area contributed by atoms with Gasteiger partial charge in [0.25, 0.3) is 0 Å². The maximum atomic E-state index is 3.50. The van der Waals surface area contributed by atoms with Crippen LogP contribution in [-0.2, 0) is 0 Å². The molecule has 0 atom stereocenters. The van der Waals surface area contributed by atoms with Crippen LogP contribution in [0.4, 0.5) is 0 Å². The van der Waals surface area contributed by atoms with Crippen molar-refractivity contribution in [1.82, 2.24) is 15.5 Å². The fourth-order valence-corrected chi connectivity index (χ4v) is 3.77. The van der Waals surface area contributed by atoms with Crippen LogP contribution in [0.25, 0.3) is 0 Å². The van der Waals surface area contributed by atoms with Crippen LogP contribution in [0.2, 0.25) is 0 Å². The summed E-state index contributed by atoms with van der Waals surface area (Å²) in [6, 6.07) is 0. The first-order chi connectivity index (χ1) is 12.4. The van der Waals surface area contributed by atoms with Crippen molar-refractivity contribution in [3.05, 3.63) is 0 Å². The molecule has 0 aromatic carbocycles. The van der Waals surface area contributed by atoms with Crippen LogP contribution in [0.5, 0.6) is 0 Å². The molecule has 1 rings (SSSR count). The SMILES string of the molecule is CCCCCCCCCCCCCCCCN1CCNCCNCC1. The van der Waals surface area contributed by atoms with Crippen LogP contribution in [0.1, 0.15) is 96.8 Å². The van der Waals surface area contributed by atoms with Gasteiger partial charge in [0, 0.05) is 39.3 Å². The third kappa shape index (κ3) is 15.8. The second-order valence-electron chi connectivity index (χ2n) is 7.94. The van der Waals surface area contributed by atoms with E-state index in [0.29, 0.717) is 0 Å². The Labute approximate surface area is 158 Å². The van der Waals surface area contributed by atoms with Crippen LogP contribution < -0.4 is 10.6 Å². The molecule has 0 aromatic heterocycles. The molecule has 0 bridgehead atoms. The molecule has 0 unspecified atom stereocenters. The summed E-state index contributed by atoms with van der Waals surface area (Å²) < 4.78 is 0. The zero-order valence-corrected chi connectivity index (χ0v) is 17.3. The molecule has 0 aliphatic carbocycles. The van der Waals surface area contributed by atoms with Gasteiger partial charge in [-0.05, 0) is 13.0 Å². The van der Waals surface area contributed by atoms with Gasteiger partial charge in [-0.3, -0.25) is 0 Å². The first-order valence-corrected chi connectivity index (χ1v) is 11.6. The van der Waals surface area contributed by atoms with E-state index in [1.165, 1.54) is 110 Å². The highest BCUT2D eigenvalue weighted by Crippen LogP contribution is 2.13. The molecule has 1 fully saturated rings. The van der Waals surface area contributed by atoms with E-state index in [9.17, 15) is 0 Å². The molecule has 3 heteroatoms. The number of hydrogen-bond acceptors (Lipinski definition) is 3. The summed E-state index contributed by atoms with van der Waals surface area (Å²) >= 11 is 0. The molecule has 2 N–H and O–H groups in total. The summed E-state index contributed by atoms with van der Waals surface area (Å²) in [5.74, 6) is 0. The van der Waals surface area contributed by atoms with Gasteiger partial charge in [-0.1, -0.05) is 90.4 Å². The number of nitrogens with one attached hydrogen (secondary N) is 2. The Balaban J connectivity index is 1.77. The molecular formula is C22H47N3. The Morgan fingerprint density at radius 3 is 1.36 bits per heavy atom. The largest absolute Gasteiger partial charge is 0.314 e. The maximum Gasteiger partial charge on any atom is 0.0107 e. The summed E-state index contributed by atoms with van der Waals surface area (Å²) in [5, 5.41) is 7.01. The van der Waals surface area contributed by atoms with Gasteiger partial charge in [0.2, 0.25) is 0 Å². The van der Waals surface area contributed by atoms with Crippen LogP contribution in [0, 0.1) is 0 Å². The third-order valence-electron chi connectivity index (χ3n) is 5.52. The van der Waals surface area contributed by atoms with Crippen molar-refractivity contribution in [3.63, 3.8) is 0 Å². The molecule has 0 spiro atoms. The van der Waals surface area contributed by atoms with Gasteiger partial charge >= 0.3 is 0 Å². The molecule has 0 radical (unpaired) electrons. The second kappa shape index (κ2) is 18.7. The van der Waals surface area contributed by atoms with Crippen molar-refractivity contribution in [2.24, 2.45) is 0 Å². The number of nitrogens with zero attached hydrogens (tertiary/aromatic N) is 1. The lowest BCUT2D eigenvalue weighted by molar-refractivity contribution is 0.273. The summed E-state index contributed by atoms with van der Waals surface area (Å²) in [5.41, 5.74) is 0. The number of unbranched alkanes of at least 4 members (excludes halogenated alkanes) is 13. The minimum atomic E-state index is 1.12. The van der Waals surface area contributed by atoms with E-state index in [1.807, 2.05) is 0 Å². The van der Waals surface area contributed by atoms with Crippen molar-refractivity contribution < 1.29 is 0 Å². The summed E-state index contributed by atoms with van der Waals surface area (Å²) in [4.78, 5) is 2.63.